The Hall–Kier alpha value is -1.88. The van der Waals surface area contributed by atoms with Crippen molar-refractivity contribution in [1.29, 1.82) is 0 Å². The smallest absolute Gasteiger partial charge is 0.323 e. The highest BCUT2D eigenvalue weighted by molar-refractivity contribution is 5.62. The van der Waals surface area contributed by atoms with Crippen molar-refractivity contribution < 1.29 is 13.2 Å². The summed E-state index contributed by atoms with van der Waals surface area (Å²) in [6.45, 7) is 0. The van der Waals surface area contributed by atoms with Gasteiger partial charge in [-0.15, -0.1) is 0 Å². The molecule has 0 saturated heterocycles. The van der Waals surface area contributed by atoms with Crippen LogP contribution in [-0.4, -0.2) is 11.2 Å². The molecule has 20 heavy (non-hydrogen) atoms. The normalized spacial score (nSPS) is 13.2. The molecule has 2 nitrogen and oxygen atoms in total. The minimum Gasteiger partial charge on any atom is -0.323 e. The fourth-order valence-corrected chi connectivity index (χ4v) is 1.89. The summed E-state index contributed by atoms with van der Waals surface area (Å²) in [5.41, 5.74) is 8.13. The van der Waals surface area contributed by atoms with Gasteiger partial charge in [-0.05, 0) is 18.1 Å². The van der Waals surface area contributed by atoms with E-state index < -0.39 is 18.6 Å². The van der Waals surface area contributed by atoms with Gasteiger partial charge in [-0.2, -0.15) is 13.2 Å². The number of nitrogens with zero attached hydrogens (tertiary/aromatic N) is 1. The molecule has 1 aromatic heterocycles. The third-order valence-electron chi connectivity index (χ3n) is 3.01. The zero-order valence-electron chi connectivity index (χ0n) is 10.8. The molecule has 1 aromatic carbocycles. The van der Waals surface area contributed by atoms with E-state index in [1.807, 2.05) is 36.4 Å². The van der Waals surface area contributed by atoms with E-state index in [0.717, 1.165) is 11.1 Å². The van der Waals surface area contributed by atoms with Crippen molar-refractivity contribution in [1.82, 2.24) is 4.98 Å². The fraction of sp³-hybridized carbons (Fsp3) is 0.267. The molecule has 2 N–H and O–H groups in total. The van der Waals surface area contributed by atoms with Crippen molar-refractivity contribution in [3.8, 4) is 11.1 Å². The highest BCUT2D eigenvalue weighted by atomic mass is 19.4. The van der Waals surface area contributed by atoms with Crippen molar-refractivity contribution in [3.05, 3.63) is 54.4 Å². The molecule has 1 atom stereocenters. The lowest BCUT2D eigenvalue weighted by Crippen LogP contribution is -2.16. The summed E-state index contributed by atoms with van der Waals surface area (Å²) < 4.78 is 36.4. The molecule has 2 rings (SSSR count). The maximum absolute atomic E-state index is 12.1. The standard InChI is InChI=1S/C15H15F3N2/c16-15(17,18)9-8-13(19)14-7-6-12(10-20-14)11-4-2-1-3-5-11/h1-7,10,13H,8-9,19H2. The van der Waals surface area contributed by atoms with Gasteiger partial charge in [-0.25, -0.2) is 0 Å². The molecule has 1 unspecified atom stereocenters. The molecule has 0 aliphatic carbocycles. The molecule has 0 aliphatic rings. The SMILES string of the molecule is NC(CCC(F)(F)F)c1ccc(-c2ccccc2)cn1. The Kier molecular flexibility index (Phi) is 4.39. The Bertz CT molecular complexity index is 535. The fourth-order valence-electron chi connectivity index (χ4n) is 1.89. The number of pyridine rings is 1. The van der Waals surface area contributed by atoms with E-state index in [1.54, 1.807) is 12.3 Å². The van der Waals surface area contributed by atoms with E-state index in [0.29, 0.717) is 5.69 Å². The van der Waals surface area contributed by atoms with Crippen LogP contribution in [0.2, 0.25) is 0 Å². The summed E-state index contributed by atoms with van der Waals surface area (Å²) in [6, 6.07) is 12.4. The highest BCUT2D eigenvalue weighted by Crippen LogP contribution is 2.26. The average Bonchev–Trinajstić information content (AvgIpc) is 2.45. The van der Waals surface area contributed by atoms with Crippen LogP contribution in [-0.2, 0) is 0 Å². The molecule has 1 heterocycles. The monoisotopic (exact) mass is 280 g/mol. The van der Waals surface area contributed by atoms with Crippen molar-refractivity contribution in [3.63, 3.8) is 0 Å². The largest absolute Gasteiger partial charge is 0.389 e. The molecule has 5 heteroatoms. The summed E-state index contributed by atoms with van der Waals surface area (Å²) in [6.07, 6.45) is -3.59. The van der Waals surface area contributed by atoms with Crippen molar-refractivity contribution in [2.45, 2.75) is 25.1 Å². The van der Waals surface area contributed by atoms with Gasteiger partial charge in [0.05, 0.1) is 5.69 Å². The number of benzene rings is 1. The molecule has 2 aromatic rings. The van der Waals surface area contributed by atoms with Gasteiger partial charge in [0.1, 0.15) is 0 Å². The molecule has 0 bridgehead atoms. The van der Waals surface area contributed by atoms with Crippen LogP contribution in [0.3, 0.4) is 0 Å². The quantitative estimate of drug-likeness (QED) is 0.916. The summed E-state index contributed by atoms with van der Waals surface area (Å²) in [5, 5.41) is 0. The predicted molar refractivity (Wildman–Crippen MR) is 71.9 cm³/mol. The Morgan fingerprint density at radius 1 is 1.00 bits per heavy atom. The lowest BCUT2D eigenvalue weighted by atomic mass is 10.0. The molecule has 0 radical (unpaired) electrons. The van der Waals surface area contributed by atoms with E-state index in [1.165, 1.54) is 0 Å². The summed E-state index contributed by atoms with van der Waals surface area (Å²) in [4.78, 5) is 4.16. The van der Waals surface area contributed by atoms with E-state index in [-0.39, 0.29) is 6.42 Å². The van der Waals surface area contributed by atoms with Crippen LogP contribution >= 0.6 is 0 Å². The molecular formula is C15H15F3N2. The molecule has 0 fully saturated rings. The lowest BCUT2D eigenvalue weighted by molar-refractivity contribution is -0.136. The molecule has 106 valence electrons. The number of hydrogen-bond acceptors (Lipinski definition) is 2. The summed E-state index contributed by atoms with van der Waals surface area (Å²) in [7, 11) is 0. The molecule has 0 saturated carbocycles. The first kappa shape index (κ1) is 14.5. The maximum atomic E-state index is 12.1. The Labute approximate surface area is 115 Å². The van der Waals surface area contributed by atoms with Gasteiger partial charge in [-0.3, -0.25) is 4.98 Å². The first-order valence-corrected chi connectivity index (χ1v) is 6.29. The zero-order valence-corrected chi connectivity index (χ0v) is 10.8. The van der Waals surface area contributed by atoms with Crippen LogP contribution < -0.4 is 5.73 Å². The topological polar surface area (TPSA) is 38.9 Å². The van der Waals surface area contributed by atoms with Gasteiger partial charge in [-0.1, -0.05) is 36.4 Å². The van der Waals surface area contributed by atoms with E-state index in [9.17, 15) is 13.2 Å². The highest BCUT2D eigenvalue weighted by Gasteiger charge is 2.28. The molecule has 0 amide bonds. The van der Waals surface area contributed by atoms with Crippen molar-refractivity contribution >= 4 is 0 Å². The van der Waals surface area contributed by atoms with Crippen LogP contribution in [0.5, 0.6) is 0 Å². The number of halogens is 3. The number of alkyl halides is 3. The number of hydrogen-bond donors (Lipinski definition) is 1. The van der Waals surface area contributed by atoms with Gasteiger partial charge in [0, 0.05) is 24.2 Å². The molecular weight excluding hydrogens is 265 g/mol. The second-order valence-corrected chi connectivity index (χ2v) is 4.60. The first-order chi connectivity index (χ1) is 9.46. The minimum atomic E-state index is -4.18. The minimum absolute atomic E-state index is 0.152. The van der Waals surface area contributed by atoms with Crippen LogP contribution in [0.25, 0.3) is 11.1 Å². The second kappa shape index (κ2) is 6.05. The van der Waals surface area contributed by atoms with Crippen molar-refractivity contribution in [2.75, 3.05) is 0 Å². The maximum Gasteiger partial charge on any atom is 0.389 e. The summed E-state index contributed by atoms with van der Waals surface area (Å²) in [5.74, 6) is 0. The van der Waals surface area contributed by atoms with Crippen molar-refractivity contribution in [2.24, 2.45) is 5.73 Å². The van der Waals surface area contributed by atoms with E-state index >= 15 is 0 Å². The number of nitrogens with two attached hydrogens (primary N) is 1. The van der Waals surface area contributed by atoms with Gasteiger partial charge >= 0.3 is 6.18 Å². The van der Waals surface area contributed by atoms with Gasteiger partial charge in [0.15, 0.2) is 0 Å². The van der Waals surface area contributed by atoms with Crippen LogP contribution in [0.1, 0.15) is 24.6 Å². The van der Waals surface area contributed by atoms with Crippen LogP contribution in [0.4, 0.5) is 13.2 Å². The van der Waals surface area contributed by atoms with E-state index in [4.69, 9.17) is 5.73 Å². The number of rotatable bonds is 4. The van der Waals surface area contributed by atoms with Crippen LogP contribution in [0.15, 0.2) is 48.7 Å². The molecule has 0 aliphatic heterocycles. The first-order valence-electron chi connectivity index (χ1n) is 6.29. The van der Waals surface area contributed by atoms with E-state index in [2.05, 4.69) is 4.98 Å². The third kappa shape index (κ3) is 4.06. The lowest BCUT2D eigenvalue weighted by Gasteiger charge is -2.13. The second-order valence-electron chi connectivity index (χ2n) is 4.60. The average molecular weight is 280 g/mol. The molecule has 0 spiro atoms. The summed E-state index contributed by atoms with van der Waals surface area (Å²) >= 11 is 0. The van der Waals surface area contributed by atoms with Gasteiger partial charge < -0.3 is 5.73 Å². The Balaban J connectivity index is 2.05. The Morgan fingerprint density at radius 3 is 2.25 bits per heavy atom. The predicted octanol–water partition coefficient (Wildman–Crippen LogP) is 4.09. The Morgan fingerprint density at radius 2 is 1.70 bits per heavy atom. The van der Waals surface area contributed by atoms with Gasteiger partial charge in [0.25, 0.3) is 0 Å². The van der Waals surface area contributed by atoms with Gasteiger partial charge in [0.2, 0.25) is 0 Å². The third-order valence-corrected chi connectivity index (χ3v) is 3.01. The number of aromatic nitrogens is 1. The zero-order chi connectivity index (χ0) is 14.6. The van der Waals surface area contributed by atoms with Crippen LogP contribution in [0, 0.1) is 0 Å².